The third-order valence-corrected chi connectivity index (χ3v) is 3.90. The predicted octanol–water partition coefficient (Wildman–Crippen LogP) is 3.56. The van der Waals surface area contributed by atoms with E-state index in [1.54, 1.807) is 19.2 Å². The van der Waals surface area contributed by atoms with Crippen molar-refractivity contribution in [2.24, 2.45) is 4.99 Å². The number of rotatable bonds is 9. The summed E-state index contributed by atoms with van der Waals surface area (Å²) in [7, 11) is 1.66. The van der Waals surface area contributed by atoms with Gasteiger partial charge >= 0.3 is 6.18 Å². The van der Waals surface area contributed by atoms with E-state index in [-0.39, 0.29) is 29.7 Å². The number of halogens is 4. The summed E-state index contributed by atoms with van der Waals surface area (Å²) in [6.07, 6.45) is -4.36. The molecular formula is C18H30F3IN4O. The van der Waals surface area contributed by atoms with Crippen LogP contribution >= 0.6 is 24.0 Å². The van der Waals surface area contributed by atoms with Gasteiger partial charge in [-0.05, 0) is 31.6 Å². The van der Waals surface area contributed by atoms with Gasteiger partial charge in [-0.1, -0.05) is 26.0 Å². The first-order valence-electron chi connectivity index (χ1n) is 8.75. The van der Waals surface area contributed by atoms with E-state index in [0.717, 1.165) is 31.7 Å². The normalized spacial score (nSPS) is 11.9. The van der Waals surface area contributed by atoms with E-state index in [1.807, 2.05) is 13.0 Å². The molecule has 156 valence electrons. The lowest BCUT2D eigenvalue weighted by atomic mass is 10.1. The highest BCUT2D eigenvalue weighted by Gasteiger charge is 2.28. The Morgan fingerprint density at radius 1 is 1.19 bits per heavy atom. The first-order chi connectivity index (χ1) is 12.3. The molecule has 0 saturated carbocycles. The van der Waals surface area contributed by atoms with Crippen LogP contribution in [0.2, 0.25) is 0 Å². The second-order valence-corrected chi connectivity index (χ2v) is 5.89. The Balaban J connectivity index is 0.00000676. The van der Waals surface area contributed by atoms with Crippen LogP contribution in [0.25, 0.3) is 0 Å². The zero-order chi connectivity index (χ0) is 19.6. The molecule has 0 bridgehead atoms. The zero-order valence-corrected chi connectivity index (χ0v) is 18.6. The van der Waals surface area contributed by atoms with Crippen molar-refractivity contribution in [1.29, 1.82) is 0 Å². The third kappa shape index (κ3) is 10.6. The molecule has 1 aromatic carbocycles. The summed E-state index contributed by atoms with van der Waals surface area (Å²) in [5.74, 6) is 0.827. The van der Waals surface area contributed by atoms with E-state index >= 15 is 0 Å². The first-order valence-corrected chi connectivity index (χ1v) is 8.75. The van der Waals surface area contributed by atoms with Crippen LogP contribution in [0, 0.1) is 6.92 Å². The molecule has 0 saturated heterocycles. The standard InChI is InChI=1S/C18H29F3N4O.HI/c1-5-25(6-2)10-9-23-17(22-4)24-12-15-8-7-14(3)11-16(15)26-13-18(19,20)21;/h7-8,11H,5-6,9-10,12-13H2,1-4H3,(H2,22,23,24);1H. The SMILES string of the molecule is CCN(CC)CCNC(=NC)NCc1ccc(C)cc1OCC(F)(F)F.I. The molecule has 9 heteroatoms. The molecule has 5 nitrogen and oxygen atoms in total. The fourth-order valence-electron chi connectivity index (χ4n) is 2.37. The molecule has 27 heavy (non-hydrogen) atoms. The van der Waals surface area contributed by atoms with Gasteiger partial charge in [-0.25, -0.2) is 0 Å². The summed E-state index contributed by atoms with van der Waals surface area (Å²) in [5, 5.41) is 6.31. The molecule has 0 aliphatic rings. The summed E-state index contributed by atoms with van der Waals surface area (Å²) in [6, 6.07) is 5.21. The maximum Gasteiger partial charge on any atom is 0.422 e. The van der Waals surface area contributed by atoms with E-state index in [2.05, 4.69) is 34.4 Å². The Labute approximate surface area is 176 Å². The van der Waals surface area contributed by atoms with Crippen LogP contribution in [0.5, 0.6) is 5.75 Å². The molecule has 1 aromatic rings. The van der Waals surface area contributed by atoms with Gasteiger partial charge in [0.1, 0.15) is 5.75 Å². The van der Waals surface area contributed by atoms with Gasteiger partial charge in [0.2, 0.25) is 0 Å². The van der Waals surface area contributed by atoms with Gasteiger partial charge in [0.15, 0.2) is 12.6 Å². The number of aryl methyl sites for hydroxylation is 1. The number of likely N-dealkylation sites (N-methyl/N-ethyl adjacent to an activating group) is 1. The Hall–Kier alpha value is -1.23. The molecule has 0 atom stereocenters. The Kier molecular flexibility index (Phi) is 12.4. The van der Waals surface area contributed by atoms with Gasteiger partial charge in [-0.15, -0.1) is 24.0 Å². The number of nitrogens with zero attached hydrogens (tertiary/aromatic N) is 2. The molecule has 0 spiro atoms. The summed E-state index contributed by atoms with van der Waals surface area (Å²) in [5.41, 5.74) is 1.49. The van der Waals surface area contributed by atoms with Crippen molar-refractivity contribution in [3.63, 3.8) is 0 Å². The molecule has 0 aliphatic carbocycles. The lowest BCUT2D eigenvalue weighted by Crippen LogP contribution is -2.41. The highest BCUT2D eigenvalue weighted by molar-refractivity contribution is 14.0. The van der Waals surface area contributed by atoms with Crippen molar-refractivity contribution in [2.45, 2.75) is 33.5 Å². The summed E-state index contributed by atoms with van der Waals surface area (Å²) >= 11 is 0. The molecular weight excluding hydrogens is 472 g/mol. The Bertz CT molecular complexity index is 578. The predicted molar refractivity (Wildman–Crippen MR) is 114 cm³/mol. The van der Waals surface area contributed by atoms with Crippen LogP contribution in [0.15, 0.2) is 23.2 Å². The smallest absolute Gasteiger partial charge is 0.422 e. The van der Waals surface area contributed by atoms with Crippen molar-refractivity contribution >= 4 is 29.9 Å². The lowest BCUT2D eigenvalue weighted by Gasteiger charge is -2.20. The van der Waals surface area contributed by atoms with Crippen molar-refractivity contribution < 1.29 is 17.9 Å². The largest absolute Gasteiger partial charge is 0.484 e. The van der Waals surface area contributed by atoms with Crippen molar-refractivity contribution in [3.8, 4) is 5.75 Å². The molecule has 0 fully saturated rings. The fourth-order valence-corrected chi connectivity index (χ4v) is 2.37. The Morgan fingerprint density at radius 2 is 1.85 bits per heavy atom. The topological polar surface area (TPSA) is 48.9 Å². The molecule has 2 N–H and O–H groups in total. The average molecular weight is 502 g/mol. The van der Waals surface area contributed by atoms with Crippen molar-refractivity contribution in [3.05, 3.63) is 29.3 Å². The molecule has 0 heterocycles. The van der Waals surface area contributed by atoms with Gasteiger partial charge in [-0.2, -0.15) is 13.2 Å². The lowest BCUT2D eigenvalue weighted by molar-refractivity contribution is -0.153. The molecule has 0 amide bonds. The van der Waals surface area contributed by atoms with E-state index in [9.17, 15) is 13.2 Å². The quantitative estimate of drug-likeness (QED) is 0.308. The van der Waals surface area contributed by atoms with Crippen molar-refractivity contribution in [2.75, 3.05) is 39.8 Å². The minimum absolute atomic E-state index is 0. The monoisotopic (exact) mass is 502 g/mol. The second kappa shape index (κ2) is 13.0. The van der Waals surface area contributed by atoms with Crippen LogP contribution in [-0.4, -0.2) is 56.9 Å². The minimum atomic E-state index is -4.36. The number of guanidine groups is 1. The second-order valence-electron chi connectivity index (χ2n) is 5.89. The van der Waals surface area contributed by atoms with Crippen LogP contribution < -0.4 is 15.4 Å². The van der Waals surface area contributed by atoms with E-state index in [4.69, 9.17) is 4.74 Å². The van der Waals surface area contributed by atoms with Gasteiger partial charge < -0.3 is 20.3 Å². The van der Waals surface area contributed by atoms with E-state index in [0.29, 0.717) is 18.1 Å². The zero-order valence-electron chi connectivity index (χ0n) is 16.3. The molecule has 0 aromatic heterocycles. The maximum atomic E-state index is 12.4. The van der Waals surface area contributed by atoms with E-state index < -0.39 is 12.8 Å². The van der Waals surface area contributed by atoms with Crippen LogP contribution in [-0.2, 0) is 6.54 Å². The van der Waals surface area contributed by atoms with Gasteiger partial charge in [0.25, 0.3) is 0 Å². The highest BCUT2D eigenvalue weighted by Crippen LogP contribution is 2.23. The maximum absolute atomic E-state index is 12.4. The number of hydrogen-bond acceptors (Lipinski definition) is 3. The number of hydrogen-bond donors (Lipinski definition) is 2. The van der Waals surface area contributed by atoms with Crippen molar-refractivity contribution in [1.82, 2.24) is 15.5 Å². The number of ether oxygens (including phenoxy) is 1. The third-order valence-electron chi connectivity index (χ3n) is 3.90. The van der Waals surface area contributed by atoms with Gasteiger partial charge in [0.05, 0.1) is 0 Å². The number of aliphatic imine (C=N–C) groups is 1. The summed E-state index contributed by atoms with van der Waals surface area (Å²) in [6.45, 7) is 8.61. The van der Waals surface area contributed by atoms with Crippen LogP contribution in [0.4, 0.5) is 13.2 Å². The molecule has 0 aliphatic heterocycles. The van der Waals surface area contributed by atoms with E-state index in [1.165, 1.54) is 0 Å². The van der Waals surface area contributed by atoms with Gasteiger partial charge in [-0.3, -0.25) is 4.99 Å². The van der Waals surface area contributed by atoms with Crippen LogP contribution in [0.3, 0.4) is 0 Å². The first kappa shape index (κ1) is 25.8. The number of nitrogens with one attached hydrogen (secondary N) is 2. The molecule has 1 rings (SSSR count). The number of alkyl halides is 3. The average Bonchev–Trinajstić information content (AvgIpc) is 2.60. The number of benzene rings is 1. The molecule has 0 unspecified atom stereocenters. The fraction of sp³-hybridized carbons (Fsp3) is 0.611. The Morgan fingerprint density at radius 3 is 2.41 bits per heavy atom. The minimum Gasteiger partial charge on any atom is -0.484 e. The van der Waals surface area contributed by atoms with Gasteiger partial charge in [0, 0.05) is 32.2 Å². The highest BCUT2D eigenvalue weighted by atomic mass is 127. The van der Waals surface area contributed by atoms with Crippen LogP contribution in [0.1, 0.15) is 25.0 Å². The summed E-state index contributed by atoms with van der Waals surface area (Å²) < 4.78 is 42.3. The molecule has 0 radical (unpaired) electrons. The summed E-state index contributed by atoms with van der Waals surface area (Å²) in [4.78, 5) is 6.42.